The number of aryl methyl sites for hydroxylation is 2. The van der Waals surface area contributed by atoms with E-state index < -0.39 is 5.76 Å². The Hall–Kier alpha value is -3.28. The summed E-state index contributed by atoms with van der Waals surface area (Å²) in [6.45, 7) is 2.94. The number of carbonyl (C=O) groups excluding carboxylic acids is 1. The second kappa shape index (κ2) is 6.22. The summed E-state index contributed by atoms with van der Waals surface area (Å²) < 4.78 is 8.74. The van der Waals surface area contributed by atoms with Gasteiger partial charge in [-0.05, 0) is 30.7 Å². The zero-order chi connectivity index (χ0) is 18.3. The minimum atomic E-state index is -0.421. The number of nitrogens with one attached hydrogen (secondary N) is 1. The number of anilines is 1. The summed E-state index contributed by atoms with van der Waals surface area (Å²) >= 11 is 0. The summed E-state index contributed by atoms with van der Waals surface area (Å²) in [5.74, 6) is -0.530. The molecule has 6 heteroatoms. The van der Waals surface area contributed by atoms with Crippen LogP contribution in [0.5, 0.6) is 0 Å². The van der Waals surface area contributed by atoms with Gasteiger partial charge in [-0.15, -0.1) is 0 Å². The molecule has 0 aliphatic heterocycles. The molecule has 0 fully saturated rings. The molecule has 132 valence electrons. The quantitative estimate of drug-likeness (QED) is 0.615. The lowest BCUT2D eigenvalue weighted by Gasteiger charge is -2.05. The zero-order valence-corrected chi connectivity index (χ0v) is 14.7. The second-order valence-electron chi connectivity index (χ2n) is 6.29. The van der Waals surface area contributed by atoms with Gasteiger partial charge in [-0.2, -0.15) is 0 Å². The SMILES string of the molecule is CCn1cc(CC(=O)Nc2ccc3c(c2)oc(=O)n3C)c2ccccc21. The lowest BCUT2D eigenvalue weighted by atomic mass is 10.1. The molecule has 0 saturated carbocycles. The minimum absolute atomic E-state index is 0.110. The van der Waals surface area contributed by atoms with Crippen LogP contribution in [0.15, 0.2) is 57.9 Å². The maximum atomic E-state index is 12.5. The lowest BCUT2D eigenvalue weighted by Crippen LogP contribution is -2.14. The van der Waals surface area contributed by atoms with Crippen molar-refractivity contribution in [3.05, 3.63) is 64.8 Å². The third-order valence-corrected chi connectivity index (χ3v) is 4.64. The van der Waals surface area contributed by atoms with Crippen molar-refractivity contribution in [2.75, 3.05) is 5.32 Å². The number of rotatable bonds is 4. The number of hydrogen-bond acceptors (Lipinski definition) is 3. The van der Waals surface area contributed by atoms with Gasteiger partial charge < -0.3 is 14.3 Å². The van der Waals surface area contributed by atoms with Crippen LogP contribution < -0.4 is 11.1 Å². The van der Waals surface area contributed by atoms with E-state index in [2.05, 4.69) is 22.9 Å². The average molecular weight is 349 g/mol. The third-order valence-electron chi connectivity index (χ3n) is 4.64. The fourth-order valence-electron chi connectivity index (χ4n) is 3.32. The van der Waals surface area contributed by atoms with Crippen LogP contribution in [0.1, 0.15) is 12.5 Å². The largest absolute Gasteiger partial charge is 0.419 e. The van der Waals surface area contributed by atoms with E-state index in [0.717, 1.165) is 23.0 Å². The molecule has 2 aromatic carbocycles. The number of carbonyl (C=O) groups is 1. The zero-order valence-electron chi connectivity index (χ0n) is 14.7. The van der Waals surface area contributed by atoms with Gasteiger partial charge in [0.15, 0.2) is 5.58 Å². The Kier molecular flexibility index (Phi) is 3.88. The van der Waals surface area contributed by atoms with E-state index in [1.807, 2.05) is 24.4 Å². The number of para-hydroxylation sites is 1. The number of aromatic nitrogens is 2. The molecule has 0 radical (unpaired) electrons. The molecule has 0 bridgehead atoms. The molecular weight excluding hydrogens is 330 g/mol. The van der Waals surface area contributed by atoms with Crippen LogP contribution in [0.2, 0.25) is 0 Å². The first-order valence-electron chi connectivity index (χ1n) is 8.53. The molecule has 0 aliphatic rings. The van der Waals surface area contributed by atoms with Gasteiger partial charge in [-0.3, -0.25) is 9.36 Å². The Labute approximate surface area is 149 Å². The Morgan fingerprint density at radius 1 is 1.15 bits per heavy atom. The van der Waals surface area contributed by atoms with E-state index in [4.69, 9.17) is 4.42 Å². The maximum Gasteiger partial charge on any atom is 0.419 e. The van der Waals surface area contributed by atoms with Crippen molar-refractivity contribution >= 4 is 33.6 Å². The molecule has 26 heavy (non-hydrogen) atoms. The summed E-state index contributed by atoms with van der Waals surface area (Å²) in [4.78, 5) is 24.1. The minimum Gasteiger partial charge on any atom is -0.408 e. The highest BCUT2D eigenvalue weighted by Gasteiger charge is 2.12. The Morgan fingerprint density at radius 3 is 2.77 bits per heavy atom. The van der Waals surface area contributed by atoms with Crippen LogP contribution in [0.4, 0.5) is 5.69 Å². The molecule has 4 aromatic rings. The van der Waals surface area contributed by atoms with E-state index in [1.54, 1.807) is 25.2 Å². The molecule has 0 atom stereocenters. The lowest BCUT2D eigenvalue weighted by molar-refractivity contribution is -0.115. The third kappa shape index (κ3) is 2.69. The van der Waals surface area contributed by atoms with Crippen LogP contribution in [0.25, 0.3) is 22.0 Å². The molecule has 0 unspecified atom stereocenters. The first-order chi connectivity index (χ1) is 12.6. The van der Waals surface area contributed by atoms with Crippen molar-refractivity contribution in [3.63, 3.8) is 0 Å². The van der Waals surface area contributed by atoms with E-state index in [9.17, 15) is 9.59 Å². The molecule has 1 amide bonds. The van der Waals surface area contributed by atoms with Gasteiger partial charge in [0.2, 0.25) is 5.91 Å². The van der Waals surface area contributed by atoms with Gasteiger partial charge in [-0.1, -0.05) is 18.2 Å². The Balaban J connectivity index is 1.59. The summed E-state index contributed by atoms with van der Waals surface area (Å²) in [6, 6.07) is 13.3. The molecule has 0 spiro atoms. The Morgan fingerprint density at radius 2 is 1.96 bits per heavy atom. The van der Waals surface area contributed by atoms with Crippen molar-refractivity contribution in [1.82, 2.24) is 9.13 Å². The first kappa shape index (κ1) is 16.2. The first-order valence-corrected chi connectivity index (χ1v) is 8.53. The molecule has 2 heterocycles. The van der Waals surface area contributed by atoms with Crippen LogP contribution in [-0.4, -0.2) is 15.0 Å². The molecule has 0 saturated heterocycles. The van der Waals surface area contributed by atoms with Crippen molar-refractivity contribution in [2.45, 2.75) is 19.9 Å². The van der Waals surface area contributed by atoms with Crippen LogP contribution in [0, 0.1) is 0 Å². The molecule has 1 N–H and O–H groups in total. The van der Waals surface area contributed by atoms with Gasteiger partial charge in [0.1, 0.15) is 0 Å². The highest BCUT2D eigenvalue weighted by molar-refractivity contribution is 5.97. The summed E-state index contributed by atoms with van der Waals surface area (Å²) in [7, 11) is 1.65. The van der Waals surface area contributed by atoms with Gasteiger partial charge in [-0.25, -0.2) is 4.79 Å². The summed E-state index contributed by atoms with van der Waals surface area (Å²) in [6.07, 6.45) is 2.31. The predicted octanol–water partition coefficient (Wildman–Crippen LogP) is 3.29. The van der Waals surface area contributed by atoms with Crippen molar-refractivity contribution in [1.29, 1.82) is 0 Å². The maximum absolute atomic E-state index is 12.5. The monoisotopic (exact) mass is 349 g/mol. The molecule has 4 rings (SSSR count). The van der Waals surface area contributed by atoms with Crippen LogP contribution >= 0.6 is 0 Å². The van der Waals surface area contributed by atoms with Gasteiger partial charge in [0.05, 0.1) is 11.9 Å². The Bertz CT molecular complexity index is 1180. The fourth-order valence-corrected chi connectivity index (χ4v) is 3.32. The summed E-state index contributed by atoms with van der Waals surface area (Å²) in [5.41, 5.74) is 3.88. The number of benzene rings is 2. The topological polar surface area (TPSA) is 69.2 Å². The molecule has 6 nitrogen and oxygen atoms in total. The molecular formula is C20H19N3O3. The number of hydrogen-bond donors (Lipinski definition) is 1. The van der Waals surface area contributed by atoms with Gasteiger partial charge in [0.25, 0.3) is 0 Å². The van der Waals surface area contributed by atoms with E-state index in [1.165, 1.54) is 4.57 Å². The van der Waals surface area contributed by atoms with Crippen molar-refractivity contribution in [3.8, 4) is 0 Å². The number of nitrogens with zero attached hydrogens (tertiary/aromatic N) is 2. The average Bonchev–Trinajstić information content (AvgIpc) is 3.12. The normalized spacial score (nSPS) is 11.3. The van der Waals surface area contributed by atoms with Gasteiger partial charge >= 0.3 is 5.76 Å². The smallest absolute Gasteiger partial charge is 0.408 e. The van der Waals surface area contributed by atoms with Crippen molar-refractivity contribution < 1.29 is 9.21 Å². The second-order valence-corrected chi connectivity index (χ2v) is 6.29. The predicted molar refractivity (Wildman–Crippen MR) is 101 cm³/mol. The highest BCUT2D eigenvalue weighted by Crippen LogP contribution is 2.23. The molecule has 0 aliphatic carbocycles. The van der Waals surface area contributed by atoms with E-state index in [0.29, 0.717) is 16.8 Å². The van der Waals surface area contributed by atoms with Crippen LogP contribution in [0.3, 0.4) is 0 Å². The van der Waals surface area contributed by atoms with E-state index >= 15 is 0 Å². The summed E-state index contributed by atoms with van der Waals surface area (Å²) in [5, 5.41) is 3.98. The number of fused-ring (bicyclic) bond motifs is 2. The molecule has 2 aromatic heterocycles. The van der Waals surface area contributed by atoms with Crippen molar-refractivity contribution in [2.24, 2.45) is 7.05 Å². The van der Waals surface area contributed by atoms with E-state index in [-0.39, 0.29) is 12.3 Å². The fraction of sp³-hybridized carbons (Fsp3) is 0.200. The standard InChI is InChI=1S/C20H19N3O3/c1-3-23-12-13(15-6-4-5-7-16(15)23)10-19(24)21-14-8-9-17-18(11-14)26-20(25)22(17)2/h4-9,11-12H,3,10H2,1-2H3,(H,21,24). The number of amides is 1. The van der Waals surface area contributed by atoms with Crippen LogP contribution in [-0.2, 0) is 24.8 Å². The highest BCUT2D eigenvalue weighted by atomic mass is 16.4. The van der Waals surface area contributed by atoms with Gasteiger partial charge in [0, 0.05) is 42.4 Å². The number of oxazole rings is 1.